The van der Waals surface area contributed by atoms with Gasteiger partial charge in [0.1, 0.15) is 10.8 Å². The van der Waals surface area contributed by atoms with Gasteiger partial charge in [-0.2, -0.15) is 4.98 Å². The van der Waals surface area contributed by atoms with Crippen LogP contribution in [0.3, 0.4) is 0 Å². The molecule has 0 amide bonds. The van der Waals surface area contributed by atoms with Crippen LogP contribution in [0.2, 0.25) is 5.02 Å². The average Bonchev–Trinajstić information content (AvgIpc) is 2.85. The number of aromatic nitrogens is 2. The maximum atomic E-state index is 6.48. The lowest BCUT2D eigenvalue weighted by molar-refractivity contribution is -0.0732. The molecule has 0 unspecified atom stereocenters. The molecule has 1 spiro atoms. The van der Waals surface area contributed by atoms with Crippen molar-refractivity contribution in [1.29, 1.82) is 0 Å². The Hall–Kier alpha value is -2.60. The summed E-state index contributed by atoms with van der Waals surface area (Å²) >= 11 is 6.48. The molecule has 1 saturated carbocycles. The molecule has 3 heterocycles. The fourth-order valence-electron chi connectivity index (χ4n) is 5.84. The van der Waals surface area contributed by atoms with Crippen molar-refractivity contribution in [2.75, 3.05) is 55.7 Å². The van der Waals surface area contributed by atoms with Gasteiger partial charge >= 0.3 is 0 Å². The quantitative estimate of drug-likeness (QED) is 0.362. The third-order valence-electron chi connectivity index (χ3n) is 7.73. The summed E-state index contributed by atoms with van der Waals surface area (Å²) in [5.41, 5.74) is 4.91. The first-order valence-corrected chi connectivity index (χ1v) is 15.5. The Labute approximate surface area is 224 Å². The van der Waals surface area contributed by atoms with Crippen LogP contribution in [0.5, 0.6) is 5.75 Å². The fourth-order valence-corrected chi connectivity index (χ4v) is 6.97. The van der Waals surface area contributed by atoms with Crippen molar-refractivity contribution in [3.8, 4) is 5.75 Å². The summed E-state index contributed by atoms with van der Waals surface area (Å²) in [5.74, 6) is 1.97. The molecule has 2 fully saturated rings. The third kappa shape index (κ3) is 4.73. The zero-order chi connectivity index (χ0) is 25.6. The number of methoxy groups -OCH3 is 1. The Kier molecular flexibility index (Phi) is 6.64. The number of halogens is 1. The Morgan fingerprint density at radius 2 is 1.92 bits per heavy atom. The molecular weight excluding hydrogens is 505 g/mol. The number of hydrogen-bond acceptors (Lipinski definition) is 7. The number of para-hydroxylation sites is 1. The molecule has 1 saturated heterocycles. The van der Waals surface area contributed by atoms with E-state index in [1.54, 1.807) is 6.20 Å². The summed E-state index contributed by atoms with van der Waals surface area (Å²) in [7, 11) is 1.54. The summed E-state index contributed by atoms with van der Waals surface area (Å²) in [6.07, 6.45) is 6.44. The fraction of sp³-hybridized carbons (Fsp3) is 0.429. The summed E-state index contributed by atoms with van der Waals surface area (Å²) in [5, 5.41) is 8.57. The number of nitrogens with zero attached hydrogens (tertiary/aromatic N) is 3. The molecule has 6 rings (SSSR count). The normalized spacial score (nSPS) is 18.1. The largest absolute Gasteiger partial charge is 0.491 e. The summed E-state index contributed by atoms with van der Waals surface area (Å²) < 4.78 is 11.7. The van der Waals surface area contributed by atoms with Gasteiger partial charge in [0.2, 0.25) is 5.95 Å². The number of ether oxygens (including phenoxy) is 2. The summed E-state index contributed by atoms with van der Waals surface area (Å²) in [4.78, 5) is 11.7. The first-order chi connectivity index (χ1) is 17.9. The number of hydrogen-bond donors (Lipinski definition) is 2. The Bertz CT molecular complexity index is 1310. The van der Waals surface area contributed by atoms with E-state index in [0.717, 1.165) is 43.1 Å². The van der Waals surface area contributed by atoms with Crippen LogP contribution >= 0.6 is 19.5 Å². The predicted octanol–water partition coefficient (Wildman–Crippen LogP) is 5.92. The molecule has 1 aliphatic carbocycles. The first kappa shape index (κ1) is 24.7. The third-order valence-corrected chi connectivity index (χ3v) is 9.36. The highest BCUT2D eigenvalue weighted by molar-refractivity contribution is 7.64. The van der Waals surface area contributed by atoms with Gasteiger partial charge in [-0.15, -0.1) is 0 Å². The molecule has 1 aromatic heterocycles. The minimum atomic E-state index is -0.279. The molecule has 2 N–H and O–H groups in total. The molecule has 2 aliphatic heterocycles. The zero-order valence-corrected chi connectivity index (χ0v) is 23.2. The van der Waals surface area contributed by atoms with Gasteiger partial charge in [-0.3, -0.25) is 0 Å². The van der Waals surface area contributed by atoms with Crippen LogP contribution in [0.25, 0.3) is 0 Å². The van der Waals surface area contributed by atoms with Crippen molar-refractivity contribution in [3.05, 3.63) is 53.2 Å². The SMILES string of the molecule is COC1CC2(C1)CN(c1ccc(Nc3ncc(Cl)c(Nc4ccccc4P(C)C)n3)c3c1CCCO3)C2. The first-order valence-electron chi connectivity index (χ1n) is 12.8. The molecule has 0 bridgehead atoms. The molecule has 0 radical (unpaired) electrons. The van der Waals surface area contributed by atoms with E-state index in [4.69, 9.17) is 26.1 Å². The molecule has 3 aromatic rings. The second-order valence-electron chi connectivity index (χ2n) is 10.6. The lowest BCUT2D eigenvalue weighted by atomic mass is 9.61. The highest BCUT2D eigenvalue weighted by Gasteiger charge is 2.53. The monoisotopic (exact) mass is 537 g/mol. The topological polar surface area (TPSA) is 71.5 Å². The molecular formula is C28H33ClN5O2P. The van der Waals surface area contributed by atoms with Crippen LogP contribution in [-0.2, 0) is 11.2 Å². The smallest absolute Gasteiger partial charge is 0.229 e. The van der Waals surface area contributed by atoms with E-state index in [9.17, 15) is 0 Å². The van der Waals surface area contributed by atoms with E-state index in [-0.39, 0.29) is 7.92 Å². The van der Waals surface area contributed by atoms with Gasteiger partial charge < -0.3 is 25.0 Å². The van der Waals surface area contributed by atoms with E-state index < -0.39 is 0 Å². The van der Waals surface area contributed by atoms with Crippen molar-refractivity contribution in [1.82, 2.24) is 9.97 Å². The molecule has 2 aromatic carbocycles. The van der Waals surface area contributed by atoms with Crippen LogP contribution in [-0.4, -0.2) is 56.2 Å². The van der Waals surface area contributed by atoms with E-state index in [0.29, 0.717) is 34.9 Å². The Morgan fingerprint density at radius 3 is 2.70 bits per heavy atom. The summed E-state index contributed by atoms with van der Waals surface area (Å²) in [6.45, 7) is 7.38. The van der Waals surface area contributed by atoms with Crippen LogP contribution in [0, 0.1) is 5.41 Å². The molecule has 3 aliphatic rings. The standard InChI is InChI=1S/C28H33ClN5O2P/c1-35-18-13-28(14-18)16-34(17-28)23-11-10-22(25-19(23)7-6-12-36-25)32-27-30-15-20(29)26(33-27)31-21-8-4-5-9-24(21)37(2)3/h4-5,8-11,15,18H,6-7,12-14,16-17H2,1-3H3,(H2,30,31,32,33). The second-order valence-corrected chi connectivity index (χ2v) is 13.2. The van der Waals surface area contributed by atoms with Gasteiger partial charge in [0.15, 0.2) is 5.82 Å². The Morgan fingerprint density at radius 1 is 1.11 bits per heavy atom. The lowest BCUT2D eigenvalue weighted by Gasteiger charge is -2.59. The number of fused-ring (bicyclic) bond motifs is 1. The number of benzene rings is 2. The van der Waals surface area contributed by atoms with Gasteiger partial charge in [0.05, 0.1) is 24.6 Å². The van der Waals surface area contributed by atoms with Gasteiger partial charge in [-0.1, -0.05) is 37.7 Å². The maximum absolute atomic E-state index is 6.48. The molecule has 7 nitrogen and oxygen atoms in total. The van der Waals surface area contributed by atoms with Crippen LogP contribution < -0.4 is 25.6 Å². The van der Waals surface area contributed by atoms with Crippen molar-refractivity contribution >= 4 is 53.7 Å². The van der Waals surface area contributed by atoms with Crippen molar-refractivity contribution in [2.24, 2.45) is 5.41 Å². The average molecular weight is 538 g/mol. The van der Waals surface area contributed by atoms with E-state index >= 15 is 0 Å². The molecule has 0 atom stereocenters. The van der Waals surface area contributed by atoms with Crippen LogP contribution in [0.1, 0.15) is 24.8 Å². The van der Waals surface area contributed by atoms with Crippen molar-refractivity contribution < 1.29 is 9.47 Å². The number of anilines is 5. The highest BCUT2D eigenvalue weighted by atomic mass is 35.5. The maximum Gasteiger partial charge on any atom is 0.229 e. The highest BCUT2D eigenvalue weighted by Crippen LogP contribution is 2.52. The second kappa shape index (κ2) is 9.94. The van der Waals surface area contributed by atoms with Gasteiger partial charge in [-0.25, -0.2) is 4.98 Å². The van der Waals surface area contributed by atoms with E-state index in [2.05, 4.69) is 64.2 Å². The number of rotatable bonds is 7. The van der Waals surface area contributed by atoms with Gasteiger partial charge in [-0.05, 0) is 62.5 Å². The van der Waals surface area contributed by atoms with Crippen molar-refractivity contribution in [3.63, 3.8) is 0 Å². The minimum absolute atomic E-state index is 0.279. The Balaban J connectivity index is 1.23. The molecule has 37 heavy (non-hydrogen) atoms. The van der Waals surface area contributed by atoms with Gasteiger partial charge in [0, 0.05) is 42.6 Å². The van der Waals surface area contributed by atoms with Crippen LogP contribution in [0.15, 0.2) is 42.6 Å². The predicted molar refractivity (Wildman–Crippen MR) is 153 cm³/mol. The van der Waals surface area contributed by atoms with Crippen LogP contribution in [0.4, 0.5) is 28.8 Å². The van der Waals surface area contributed by atoms with Gasteiger partial charge in [0.25, 0.3) is 0 Å². The summed E-state index contributed by atoms with van der Waals surface area (Å²) in [6, 6.07) is 12.6. The van der Waals surface area contributed by atoms with E-state index in [1.165, 1.54) is 29.4 Å². The zero-order valence-electron chi connectivity index (χ0n) is 21.6. The number of nitrogens with one attached hydrogen (secondary N) is 2. The molecule has 194 valence electrons. The minimum Gasteiger partial charge on any atom is -0.491 e. The lowest BCUT2D eigenvalue weighted by Crippen LogP contribution is -2.64. The molecule has 9 heteroatoms. The van der Waals surface area contributed by atoms with Crippen molar-refractivity contribution in [2.45, 2.75) is 31.8 Å². The van der Waals surface area contributed by atoms with E-state index in [1.807, 2.05) is 13.2 Å².